The summed E-state index contributed by atoms with van der Waals surface area (Å²) in [5, 5.41) is 1.86. The average Bonchev–Trinajstić information content (AvgIpc) is 2.81. The lowest BCUT2D eigenvalue weighted by Crippen LogP contribution is -2.59. The average molecular weight is 451 g/mol. The van der Waals surface area contributed by atoms with Crippen molar-refractivity contribution in [1.29, 1.82) is 0 Å². The number of hydrogen-bond acceptors (Lipinski definition) is 4. The summed E-state index contributed by atoms with van der Waals surface area (Å²) in [6.45, 7) is -0.633. The first-order valence-electron chi connectivity index (χ1n) is 10.8. The summed E-state index contributed by atoms with van der Waals surface area (Å²) in [5.74, 6) is -3.80. The molecule has 3 aromatic rings. The Kier molecular flexibility index (Phi) is 5.36. The summed E-state index contributed by atoms with van der Waals surface area (Å²) >= 11 is 0. The molecule has 2 aliphatic heterocycles. The SMILES string of the molecule is O=C1c2c(OCc3ccccc3)c(=O)ccn2N2CN1CC(F)(F)CCC2c1ccccc1. The number of fused-ring (bicyclic) bond motifs is 4. The van der Waals surface area contributed by atoms with Crippen LogP contribution in [-0.4, -0.2) is 34.6 Å². The minimum Gasteiger partial charge on any atom is -0.482 e. The molecule has 170 valence electrons. The highest BCUT2D eigenvalue weighted by Gasteiger charge is 2.44. The zero-order chi connectivity index (χ0) is 23.0. The lowest BCUT2D eigenvalue weighted by molar-refractivity contribution is -0.0482. The lowest BCUT2D eigenvalue weighted by Gasteiger charge is -2.46. The van der Waals surface area contributed by atoms with E-state index in [0.29, 0.717) is 0 Å². The minimum atomic E-state index is -3.03. The van der Waals surface area contributed by atoms with Gasteiger partial charge in [-0.2, -0.15) is 0 Å². The van der Waals surface area contributed by atoms with E-state index >= 15 is 0 Å². The number of alkyl halides is 2. The van der Waals surface area contributed by atoms with Crippen molar-refractivity contribution >= 4 is 5.91 Å². The molecule has 3 heterocycles. The van der Waals surface area contributed by atoms with E-state index in [0.717, 1.165) is 16.0 Å². The lowest BCUT2D eigenvalue weighted by atomic mass is 9.97. The third-order valence-corrected chi connectivity index (χ3v) is 6.09. The summed E-state index contributed by atoms with van der Waals surface area (Å²) in [5.41, 5.74) is 1.20. The molecular formula is C25H23F2N3O3. The van der Waals surface area contributed by atoms with Crippen LogP contribution in [0.4, 0.5) is 8.78 Å². The van der Waals surface area contributed by atoms with Gasteiger partial charge < -0.3 is 9.64 Å². The van der Waals surface area contributed by atoms with Gasteiger partial charge in [0.2, 0.25) is 5.43 Å². The van der Waals surface area contributed by atoms with Gasteiger partial charge in [-0.1, -0.05) is 60.7 Å². The van der Waals surface area contributed by atoms with E-state index in [4.69, 9.17) is 4.74 Å². The van der Waals surface area contributed by atoms with Crippen molar-refractivity contribution in [3.8, 4) is 5.75 Å². The number of ether oxygens (including phenoxy) is 1. The normalized spacial score (nSPS) is 19.5. The Labute approximate surface area is 189 Å². The molecule has 8 heteroatoms. The maximum absolute atomic E-state index is 14.7. The first kappa shape index (κ1) is 21.2. The fraction of sp³-hybridized carbons (Fsp3) is 0.280. The fourth-order valence-electron chi connectivity index (χ4n) is 4.48. The Morgan fingerprint density at radius 2 is 1.67 bits per heavy atom. The number of halogens is 2. The molecule has 0 radical (unpaired) electrons. The van der Waals surface area contributed by atoms with Crippen molar-refractivity contribution in [3.05, 3.63) is 100.0 Å². The van der Waals surface area contributed by atoms with Crippen molar-refractivity contribution in [2.45, 2.75) is 31.4 Å². The second-order valence-electron chi connectivity index (χ2n) is 8.38. The topological polar surface area (TPSA) is 54.8 Å². The fourth-order valence-corrected chi connectivity index (χ4v) is 4.48. The van der Waals surface area contributed by atoms with Crippen LogP contribution in [0.5, 0.6) is 5.75 Å². The van der Waals surface area contributed by atoms with Gasteiger partial charge in [0.05, 0.1) is 12.6 Å². The van der Waals surface area contributed by atoms with Crippen LogP contribution >= 0.6 is 0 Å². The van der Waals surface area contributed by atoms with Crippen LogP contribution in [-0.2, 0) is 6.61 Å². The van der Waals surface area contributed by atoms with Crippen LogP contribution in [0.25, 0.3) is 0 Å². The van der Waals surface area contributed by atoms with Gasteiger partial charge in [-0.3, -0.25) is 19.3 Å². The third kappa shape index (κ3) is 4.08. The monoisotopic (exact) mass is 451 g/mol. The molecule has 0 N–H and O–H groups in total. The number of hydrogen-bond donors (Lipinski definition) is 0. The smallest absolute Gasteiger partial charge is 0.278 e. The van der Waals surface area contributed by atoms with Gasteiger partial charge in [-0.05, 0) is 17.5 Å². The molecule has 1 atom stereocenters. The standard InChI is InChI=1S/C25H23F2N3O3/c26-25(27)13-11-20(19-9-5-2-6-10-19)30-17-28(16-25)24(32)22-23(21(31)12-14-29(22)30)33-15-18-7-3-1-4-8-18/h1-10,12,14,20H,11,13,15-17H2. The molecule has 0 spiro atoms. The number of rotatable bonds is 4. The molecule has 1 aromatic heterocycles. The molecule has 5 rings (SSSR count). The number of carbonyl (C=O) groups is 1. The van der Waals surface area contributed by atoms with E-state index in [1.54, 1.807) is 4.68 Å². The van der Waals surface area contributed by atoms with Crippen molar-refractivity contribution < 1.29 is 18.3 Å². The number of aromatic nitrogens is 1. The van der Waals surface area contributed by atoms with Gasteiger partial charge in [-0.25, -0.2) is 8.78 Å². The first-order chi connectivity index (χ1) is 15.9. The van der Waals surface area contributed by atoms with Crippen LogP contribution in [0.3, 0.4) is 0 Å². The molecule has 6 nitrogen and oxygen atoms in total. The van der Waals surface area contributed by atoms with Gasteiger partial charge >= 0.3 is 0 Å². The summed E-state index contributed by atoms with van der Waals surface area (Å²) in [6.07, 6.45) is 1.38. The Bertz CT molecular complexity index is 1210. The molecule has 0 saturated carbocycles. The molecule has 2 aromatic carbocycles. The van der Waals surface area contributed by atoms with Gasteiger partial charge in [0, 0.05) is 18.7 Å². The second-order valence-corrected chi connectivity index (χ2v) is 8.38. The van der Waals surface area contributed by atoms with Crippen molar-refractivity contribution in [1.82, 2.24) is 9.58 Å². The first-order valence-corrected chi connectivity index (χ1v) is 10.8. The Balaban J connectivity index is 1.61. The highest BCUT2D eigenvalue weighted by Crippen LogP contribution is 2.37. The highest BCUT2D eigenvalue weighted by atomic mass is 19.3. The molecule has 1 unspecified atom stereocenters. The van der Waals surface area contributed by atoms with E-state index in [2.05, 4.69) is 0 Å². The van der Waals surface area contributed by atoms with Gasteiger partial charge in [-0.15, -0.1) is 0 Å². The van der Waals surface area contributed by atoms with E-state index in [1.807, 2.05) is 65.7 Å². The minimum absolute atomic E-state index is 0.0119. The molecule has 2 bridgehead atoms. The largest absolute Gasteiger partial charge is 0.482 e. The van der Waals surface area contributed by atoms with E-state index in [-0.39, 0.29) is 37.6 Å². The molecule has 1 saturated heterocycles. The molecule has 2 aliphatic rings. The number of nitrogens with zero attached hydrogens (tertiary/aromatic N) is 3. The molecule has 1 amide bonds. The van der Waals surface area contributed by atoms with Gasteiger partial charge in [0.15, 0.2) is 11.4 Å². The Hall–Kier alpha value is -3.68. The maximum Gasteiger partial charge on any atom is 0.278 e. The molecule has 0 aliphatic carbocycles. The quantitative estimate of drug-likeness (QED) is 0.603. The van der Waals surface area contributed by atoms with Crippen LogP contribution < -0.4 is 15.2 Å². The van der Waals surface area contributed by atoms with Crippen LogP contribution in [0.15, 0.2) is 77.7 Å². The Morgan fingerprint density at radius 3 is 2.39 bits per heavy atom. The predicted molar refractivity (Wildman–Crippen MR) is 119 cm³/mol. The summed E-state index contributed by atoms with van der Waals surface area (Å²) in [6, 6.07) is 19.6. The number of pyridine rings is 1. The maximum atomic E-state index is 14.7. The zero-order valence-electron chi connectivity index (χ0n) is 17.9. The van der Waals surface area contributed by atoms with Gasteiger partial charge in [0.1, 0.15) is 13.3 Å². The number of carbonyl (C=O) groups excluding carboxylic acids is 1. The van der Waals surface area contributed by atoms with E-state index < -0.39 is 29.8 Å². The van der Waals surface area contributed by atoms with Crippen molar-refractivity contribution in [3.63, 3.8) is 0 Å². The van der Waals surface area contributed by atoms with E-state index in [9.17, 15) is 18.4 Å². The highest BCUT2D eigenvalue weighted by molar-refractivity contribution is 5.96. The zero-order valence-corrected chi connectivity index (χ0v) is 17.9. The third-order valence-electron chi connectivity index (χ3n) is 6.09. The second kappa shape index (κ2) is 8.35. The van der Waals surface area contributed by atoms with Gasteiger partial charge in [0.25, 0.3) is 11.8 Å². The molecular weight excluding hydrogens is 428 g/mol. The van der Waals surface area contributed by atoms with Crippen molar-refractivity contribution in [2.24, 2.45) is 0 Å². The van der Waals surface area contributed by atoms with Crippen LogP contribution in [0.1, 0.15) is 40.5 Å². The predicted octanol–water partition coefficient (Wildman–Crippen LogP) is 3.95. The number of amides is 1. The molecule has 33 heavy (non-hydrogen) atoms. The van der Waals surface area contributed by atoms with Crippen LogP contribution in [0, 0.1) is 0 Å². The summed E-state index contributed by atoms with van der Waals surface area (Å²) < 4.78 is 36.8. The Morgan fingerprint density at radius 1 is 0.970 bits per heavy atom. The molecule has 1 fully saturated rings. The summed E-state index contributed by atoms with van der Waals surface area (Å²) in [7, 11) is 0. The summed E-state index contributed by atoms with van der Waals surface area (Å²) in [4.78, 5) is 27.2. The van der Waals surface area contributed by atoms with Crippen molar-refractivity contribution in [2.75, 3.05) is 18.2 Å². The van der Waals surface area contributed by atoms with Crippen LogP contribution in [0.2, 0.25) is 0 Å². The number of benzene rings is 2. The van der Waals surface area contributed by atoms with E-state index in [1.165, 1.54) is 12.3 Å².